The van der Waals surface area contributed by atoms with Crippen molar-refractivity contribution < 1.29 is 4.79 Å². The Morgan fingerprint density at radius 3 is 3.07 bits per heavy atom. The molecule has 0 aliphatic carbocycles. The molecule has 1 N–H and O–H groups in total. The van der Waals surface area contributed by atoms with Crippen molar-refractivity contribution in [3.05, 3.63) is 16.6 Å². The summed E-state index contributed by atoms with van der Waals surface area (Å²) in [6, 6.07) is 0. The lowest BCUT2D eigenvalue weighted by Gasteiger charge is -2.01. The van der Waals surface area contributed by atoms with E-state index in [0.717, 1.165) is 17.7 Å². The van der Waals surface area contributed by atoms with Gasteiger partial charge in [-0.05, 0) is 12.8 Å². The molecular formula is C9H13ClN2OS. The summed E-state index contributed by atoms with van der Waals surface area (Å²) >= 11 is 7.05. The predicted octanol–water partition coefficient (Wildman–Crippen LogP) is 2.17. The largest absolute Gasteiger partial charge is 0.351 e. The quantitative estimate of drug-likeness (QED) is 0.603. The normalized spacial score (nSPS) is 10.1. The Hall–Kier alpha value is -0.610. The summed E-state index contributed by atoms with van der Waals surface area (Å²) in [5, 5.41) is 2.83. The Morgan fingerprint density at radius 1 is 1.57 bits per heavy atom. The molecule has 0 aromatic carbocycles. The van der Waals surface area contributed by atoms with E-state index in [0.29, 0.717) is 18.8 Å². The number of hydrogen-bond acceptors (Lipinski definition) is 3. The second-order valence-electron chi connectivity index (χ2n) is 2.89. The summed E-state index contributed by atoms with van der Waals surface area (Å²) in [7, 11) is 0. The molecule has 0 saturated carbocycles. The molecule has 1 amide bonds. The fourth-order valence-corrected chi connectivity index (χ4v) is 1.71. The van der Waals surface area contributed by atoms with Crippen molar-refractivity contribution in [3.8, 4) is 0 Å². The third-order valence-corrected chi connectivity index (χ3v) is 2.78. The van der Waals surface area contributed by atoms with Crippen LogP contribution in [0.25, 0.3) is 0 Å². The molecule has 1 heterocycles. The van der Waals surface area contributed by atoms with Crippen LogP contribution in [0.4, 0.5) is 0 Å². The maximum atomic E-state index is 11.2. The predicted molar refractivity (Wildman–Crippen MR) is 58.5 cm³/mol. The van der Waals surface area contributed by atoms with Gasteiger partial charge in [-0.25, -0.2) is 0 Å². The number of amides is 1. The number of carbonyl (C=O) groups excluding carboxylic acids is 1. The summed E-state index contributed by atoms with van der Waals surface area (Å²) in [5.74, 6) is 0.714. The average Bonchev–Trinajstić information content (AvgIpc) is 2.68. The molecule has 78 valence electrons. The molecule has 0 saturated heterocycles. The average molecular weight is 233 g/mol. The van der Waals surface area contributed by atoms with Crippen LogP contribution in [-0.4, -0.2) is 16.8 Å². The Balaban J connectivity index is 2.09. The SMILES string of the molecule is O=C(CCCCCl)NCc1cncs1. The number of unbranched alkanes of at least 4 members (excludes halogenated alkanes) is 1. The van der Waals surface area contributed by atoms with Crippen molar-refractivity contribution in [1.82, 2.24) is 10.3 Å². The molecule has 0 fully saturated rings. The van der Waals surface area contributed by atoms with E-state index in [1.807, 2.05) is 0 Å². The molecule has 0 spiro atoms. The van der Waals surface area contributed by atoms with Gasteiger partial charge >= 0.3 is 0 Å². The minimum Gasteiger partial charge on any atom is -0.351 e. The number of thiazole rings is 1. The van der Waals surface area contributed by atoms with Gasteiger partial charge in [0, 0.05) is 23.4 Å². The first kappa shape index (κ1) is 11.5. The van der Waals surface area contributed by atoms with Gasteiger partial charge in [-0.3, -0.25) is 9.78 Å². The van der Waals surface area contributed by atoms with Crippen molar-refractivity contribution in [2.45, 2.75) is 25.8 Å². The van der Waals surface area contributed by atoms with Gasteiger partial charge < -0.3 is 5.32 Å². The third kappa shape index (κ3) is 4.58. The van der Waals surface area contributed by atoms with Crippen molar-refractivity contribution >= 4 is 28.8 Å². The summed E-state index contributed by atoms with van der Waals surface area (Å²) in [5.41, 5.74) is 1.76. The standard InChI is InChI=1S/C9H13ClN2OS/c10-4-2-1-3-9(13)12-6-8-5-11-7-14-8/h5,7H,1-4,6H2,(H,12,13). The molecule has 0 unspecified atom stereocenters. The summed E-state index contributed by atoms with van der Waals surface area (Å²) < 4.78 is 0. The lowest BCUT2D eigenvalue weighted by Crippen LogP contribution is -2.21. The zero-order valence-electron chi connectivity index (χ0n) is 7.83. The second-order valence-corrected chi connectivity index (χ2v) is 4.24. The van der Waals surface area contributed by atoms with Gasteiger partial charge in [-0.2, -0.15) is 0 Å². The molecule has 0 atom stereocenters. The first-order valence-electron chi connectivity index (χ1n) is 4.53. The van der Waals surface area contributed by atoms with E-state index in [4.69, 9.17) is 11.6 Å². The Labute approximate surface area is 92.5 Å². The molecule has 0 aliphatic heterocycles. The van der Waals surface area contributed by atoms with Gasteiger partial charge in [0.2, 0.25) is 5.91 Å². The molecule has 1 aromatic rings. The van der Waals surface area contributed by atoms with E-state index >= 15 is 0 Å². The molecule has 1 aromatic heterocycles. The van der Waals surface area contributed by atoms with Gasteiger partial charge in [0.05, 0.1) is 12.1 Å². The number of halogens is 1. The van der Waals surface area contributed by atoms with Gasteiger partial charge in [0.1, 0.15) is 0 Å². The van der Waals surface area contributed by atoms with Crippen LogP contribution >= 0.6 is 22.9 Å². The van der Waals surface area contributed by atoms with E-state index in [1.165, 1.54) is 0 Å². The highest BCUT2D eigenvalue weighted by Crippen LogP contribution is 2.04. The van der Waals surface area contributed by atoms with Crippen molar-refractivity contribution in [3.63, 3.8) is 0 Å². The monoisotopic (exact) mass is 232 g/mol. The van der Waals surface area contributed by atoms with E-state index in [-0.39, 0.29) is 5.91 Å². The first-order chi connectivity index (χ1) is 6.83. The Morgan fingerprint density at radius 2 is 2.43 bits per heavy atom. The van der Waals surface area contributed by atoms with Crippen LogP contribution in [0.5, 0.6) is 0 Å². The highest BCUT2D eigenvalue weighted by atomic mass is 35.5. The fraction of sp³-hybridized carbons (Fsp3) is 0.556. The summed E-state index contributed by atoms with van der Waals surface area (Å²) in [6.45, 7) is 0.588. The zero-order valence-corrected chi connectivity index (χ0v) is 9.40. The molecule has 1 rings (SSSR count). The smallest absolute Gasteiger partial charge is 0.220 e. The van der Waals surface area contributed by atoms with Crippen LogP contribution in [-0.2, 0) is 11.3 Å². The molecule has 14 heavy (non-hydrogen) atoms. The van der Waals surface area contributed by atoms with Crippen LogP contribution < -0.4 is 5.32 Å². The van der Waals surface area contributed by atoms with Crippen LogP contribution in [0.1, 0.15) is 24.1 Å². The van der Waals surface area contributed by atoms with Crippen molar-refractivity contribution in [2.75, 3.05) is 5.88 Å². The van der Waals surface area contributed by atoms with Crippen molar-refractivity contribution in [2.24, 2.45) is 0 Å². The molecular weight excluding hydrogens is 220 g/mol. The number of nitrogens with zero attached hydrogens (tertiary/aromatic N) is 1. The highest BCUT2D eigenvalue weighted by molar-refractivity contribution is 7.09. The summed E-state index contributed by atoms with van der Waals surface area (Å²) in [4.78, 5) is 16.2. The van der Waals surface area contributed by atoms with E-state index < -0.39 is 0 Å². The summed E-state index contributed by atoms with van der Waals surface area (Å²) in [6.07, 6.45) is 4.09. The van der Waals surface area contributed by atoms with Gasteiger partial charge in [0.15, 0.2) is 0 Å². The highest BCUT2D eigenvalue weighted by Gasteiger charge is 2.01. The number of nitrogens with one attached hydrogen (secondary N) is 1. The van der Waals surface area contributed by atoms with Gasteiger partial charge in [0.25, 0.3) is 0 Å². The Kier molecular flexibility index (Phi) is 5.56. The number of alkyl halides is 1. The lowest BCUT2D eigenvalue weighted by atomic mass is 10.2. The topological polar surface area (TPSA) is 42.0 Å². The second kappa shape index (κ2) is 6.79. The first-order valence-corrected chi connectivity index (χ1v) is 5.94. The number of rotatable bonds is 6. The van der Waals surface area contributed by atoms with E-state index in [1.54, 1.807) is 23.0 Å². The Bertz CT molecular complexity index is 264. The minimum absolute atomic E-state index is 0.0866. The van der Waals surface area contributed by atoms with E-state index in [9.17, 15) is 4.79 Å². The number of hydrogen-bond donors (Lipinski definition) is 1. The molecule has 0 radical (unpaired) electrons. The fourth-order valence-electron chi connectivity index (χ4n) is 0.984. The van der Waals surface area contributed by atoms with Crippen LogP contribution in [0.3, 0.4) is 0 Å². The minimum atomic E-state index is 0.0866. The van der Waals surface area contributed by atoms with Crippen molar-refractivity contribution in [1.29, 1.82) is 0 Å². The van der Waals surface area contributed by atoms with Crippen LogP contribution in [0.15, 0.2) is 11.7 Å². The zero-order chi connectivity index (χ0) is 10.2. The third-order valence-electron chi connectivity index (χ3n) is 1.73. The van der Waals surface area contributed by atoms with E-state index in [2.05, 4.69) is 10.3 Å². The maximum Gasteiger partial charge on any atom is 0.220 e. The lowest BCUT2D eigenvalue weighted by molar-refractivity contribution is -0.121. The number of carbonyl (C=O) groups is 1. The molecule has 3 nitrogen and oxygen atoms in total. The number of aromatic nitrogens is 1. The molecule has 0 aliphatic rings. The molecule has 0 bridgehead atoms. The maximum absolute atomic E-state index is 11.2. The molecule has 5 heteroatoms. The van der Waals surface area contributed by atoms with Gasteiger partial charge in [-0.1, -0.05) is 0 Å². The van der Waals surface area contributed by atoms with Gasteiger partial charge in [-0.15, -0.1) is 22.9 Å². The van der Waals surface area contributed by atoms with Crippen LogP contribution in [0.2, 0.25) is 0 Å². The van der Waals surface area contributed by atoms with Crippen LogP contribution in [0, 0.1) is 0 Å².